The molecule has 6 heteroatoms. The summed E-state index contributed by atoms with van der Waals surface area (Å²) in [5.74, 6) is 1.99. The van der Waals surface area contributed by atoms with E-state index in [0.717, 1.165) is 29.7 Å². The average molecular weight is 411 g/mol. The third-order valence-electron chi connectivity index (χ3n) is 4.54. The van der Waals surface area contributed by atoms with Gasteiger partial charge in [-0.05, 0) is 79.4 Å². The Hall–Kier alpha value is -3.05. The van der Waals surface area contributed by atoms with Crippen LogP contribution in [0.4, 0.5) is 0 Å². The third-order valence-corrected chi connectivity index (χ3v) is 4.79. The number of carbonyl (C=O) groups is 1. The van der Waals surface area contributed by atoms with Crippen LogP contribution in [-0.4, -0.2) is 19.2 Å². The van der Waals surface area contributed by atoms with E-state index < -0.39 is 0 Å². The molecule has 0 saturated carbocycles. The molecule has 0 spiro atoms. The second-order valence-corrected chi connectivity index (χ2v) is 7.08. The highest BCUT2D eigenvalue weighted by Gasteiger charge is 2.05. The van der Waals surface area contributed by atoms with Gasteiger partial charge in [0.15, 0.2) is 0 Å². The zero-order valence-electron chi connectivity index (χ0n) is 16.4. The zero-order valence-corrected chi connectivity index (χ0v) is 17.2. The Balaban J connectivity index is 1.44. The molecule has 1 amide bonds. The Morgan fingerprint density at radius 3 is 2.69 bits per heavy atom. The van der Waals surface area contributed by atoms with Gasteiger partial charge in [0.2, 0.25) is 5.91 Å². The molecule has 0 aliphatic rings. The van der Waals surface area contributed by atoms with E-state index in [2.05, 4.69) is 10.5 Å². The van der Waals surface area contributed by atoms with E-state index in [1.807, 2.05) is 43.3 Å². The highest BCUT2D eigenvalue weighted by atomic mass is 35.5. The summed E-state index contributed by atoms with van der Waals surface area (Å²) in [5, 5.41) is 4.65. The summed E-state index contributed by atoms with van der Waals surface area (Å²) in [4.78, 5) is 12.0. The molecule has 150 valence electrons. The standard InChI is InChI=1S/C23H23ClN2O3/c1-16-14-20(28-2)11-8-17(16)4-3-5-23(27)26-25-15-21-12-13-22(29-21)18-6-9-19(24)10-7-18/h6-15H,3-5H2,1-2H3,(H,26,27). The molecule has 0 aliphatic carbocycles. The fraction of sp³-hybridized carbons (Fsp3) is 0.217. The number of hydrazone groups is 1. The van der Waals surface area contributed by atoms with Crippen molar-refractivity contribution < 1.29 is 13.9 Å². The number of nitrogens with zero attached hydrogens (tertiary/aromatic N) is 1. The lowest BCUT2D eigenvalue weighted by molar-refractivity contribution is -0.121. The predicted octanol–water partition coefficient (Wildman–Crippen LogP) is 5.39. The number of halogens is 1. The van der Waals surface area contributed by atoms with Crippen molar-refractivity contribution in [2.75, 3.05) is 7.11 Å². The van der Waals surface area contributed by atoms with Crippen LogP contribution in [0.15, 0.2) is 64.1 Å². The maximum absolute atomic E-state index is 12.0. The molecule has 1 N–H and O–H groups in total. The van der Waals surface area contributed by atoms with Crippen LogP contribution in [0.5, 0.6) is 5.75 Å². The molecule has 0 aliphatic heterocycles. The first kappa shape index (κ1) is 20.7. The van der Waals surface area contributed by atoms with Crippen LogP contribution < -0.4 is 10.2 Å². The van der Waals surface area contributed by atoms with Crippen LogP contribution in [0.25, 0.3) is 11.3 Å². The molecule has 0 fully saturated rings. The first-order chi connectivity index (χ1) is 14.0. The highest BCUT2D eigenvalue weighted by Crippen LogP contribution is 2.23. The van der Waals surface area contributed by atoms with Crippen molar-refractivity contribution in [3.05, 3.63) is 76.5 Å². The van der Waals surface area contributed by atoms with Gasteiger partial charge in [-0.3, -0.25) is 4.79 Å². The van der Waals surface area contributed by atoms with E-state index >= 15 is 0 Å². The van der Waals surface area contributed by atoms with Gasteiger partial charge < -0.3 is 9.15 Å². The van der Waals surface area contributed by atoms with Gasteiger partial charge in [-0.25, -0.2) is 5.43 Å². The fourth-order valence-electron chi connectivity index (χ4n) is 2.93. The number of benzene rings is 2. The molecule has 5 nitrogen and oxygen atoms in total. The van der Waals surface area contributed by atoms with Gasteiger partial charge >= 0.3 is 0 Å². The Labute approximate surface area is 175 Å². The monoisotopic (exact) mass is 410 g/mol. The molecule has 0 atom stereocenters. The van der Waals surface area contributed by atoms with Crippen LogP contribution >= 0.6 is 11.6 Å². The maximum Gasteiger partial charge on any atom is 0.240 e. The Bertz CT molecular complexity index is 994. The normalized spacial score (nSPS) is 11.0. The molecule has 29 heavy (non-hydrogen) atoms. The van der Waals surface area contributed by atoms with Crippen molar-refractivity contribution in [1.29, 1.82) is 0 Å². The number of nitrogens with one attached hydrogen (secondary N) is 1. The van der Waals surface area contributed by atoms with E-state index in [-0.39, 0.29) is 5.91 Å². The highest BCUT2D eigenvalue weighted by molar-refractivity contribution is 6.30. The minimum absolute atomic E-state index is 0.128. The lowest BCUT2D eigenvalue weighted by Crippen LogP contribution is -2.17. The summed E-state index contributed by atoms with van der Waals surface area (Å²) in [6.45, 7) is 2.05. The van der Waals surface area contributed by atoms with Gasteiger partial charge in [0.05, 0.1) is 13.3 Å². The summed E-state index contributed by atoms with van der Waals surface area (Å²) in [6.07, 6.45) is 3.47. The number of amides is 1. The number of rotatable bonds is 8. The average Bonchev–Trinajstić information content (AvgIpc) is 3.18. The van der Waals surface area contributed by atoms with Gasteiger partial charge in [-0.1, -0.05) is 17.7 Å². The number of carbonyl (C=O) groups excluding carboxylic acids is 1. The van der Waals surface area contributed by atoms with Gasteiger partial charge in [-0.15, -0.1) is 0 Å². The fourth-order valence-corrected chi connectivity index (χ4v) is 3.06. The van der Waals surface area contributed by atoms with E-state index in [1.165, 1.54) is 11.8 Å². The smallest absolute Gasteiger partial charge is 0.240 e. The molecule has 0 unspecified atom stereocenters. The van der Waals surface area contributed by atoms with Gasteiger partial charge in [0.1, 0.15) is 17.3 Å². The lowest BCUT2D eigenvalue weighted by Gasteiger charge is -2.07. The quantitative estimate of drug-likeness (QED) is 0.400. The minimum Gasteiger partial charge on any atom is -0.497 e. The molecule has 0 bridgehead atoms. The van der Waals surface area contributed by atoms with E-state index in [0.29, 0.717) is 23.0 Å². The van der Waals surface area contributed by atoms with Crippen molar-refractivity contribution in [3.8, 4) is 17.1 Å². The molecular formula is C23H23ClN2O3. The van der Waals surface area contributed by atoms with Crippen LogP contribution in [0, 0.1) is 6.92 Å². The van der Waals surface area contributed by atoms with Crippen molar-refractivity contribution in [2.45, 2.75) is 26.2 Å². The van der Waals surface area contributed by atoms with Gasteiger partial charge in [0, 0.05) is 17.0 Å². The minimum atomic E-state index is -0.128. The molecule has 3 rings (SSSR count). The van der Waals surface area contributed by atoms with Crippen molar-refractivity contribution in [2.24, 2.45) is 5.10 Å². The maximum atomic E-state index is 12.0. The zero-order chi connectivity index (χ0) is 20.6. The van der Waals surface area contributed by atoms with Crippen LogP contribution in [-0.2, 0) is 11.2 Å². The number of methoxy groups -OCH3 is 1. The first-order valence-electron chi connectivity index (χ1n) is 9.36. The van der Waals surface area contributed by atoms with Gasteiger partial charge in [-0.2, -0.15) is 5.10 Å². The summed E-state index contributed by atoms with van der Waals surface area (Å²) < 4.78 is 10.9. The molecule has 1 aromatic heterocycles. The Kier molecular flexibility index (Phi) is 7.09. The number of furan rings is 1. The summed E-state index contributed by atoms with van der Waals surface area (Å²) >= 11 is 5.90. The van der Waals surface area contributed by atoms with Crippen molar-refractivity contribution in [3.63, 3.8) is 0 Å². The molecule has 3 aromatic rings. The van der Waals surface area contributed by atoms with Crippen LogP contribution in [0.2, 0.25) is 5.02 Å². The van der Waals surface area contributed by atoms with Crippen LogP contribution in [0.1, 0.15) is 29.7 Å². The Morgan fingerprint density at radius 2 is 1.97 bits per heavy atom. The van der Waals surface area contributed by atoms with E-state index in [4.69, 9.17) is 20.8 Å². The molecular weight excluding hydrogens is 388 g/mol. The largest absolute Gasteiger partial charge is 0.497 e. The third kappa shape index (κ3) is 5.96. The molecule has 2 aromatic carbocycles. The van der Waals surface area contributed by atoms with Crippen LogP contribution in [0.3, 0.4) is 0 Å². The summed E-state index contributed by atoms with van der Waals surface area (Å²) in [6, 6.07) is 17.0. The van der Waals surface area contributed by atoms with E-state index in [1.54, 1.807) is 25.3 Å². The van der Waals surface area contributed by atoms with Crippen molar-refractivity contribution in [1.82, 2.24) is 5.43 Å². The summed E-state index contributed by atoms with van der Waals surface area (Å²) in [5.41, 5.74) is 5.84. The first-order valence-corrected chi connectivity index (χ1v) is 9.74. The lowest BCUT2D eigenvalue weighted by atomic mass is 10.0. The van der Waals surface area contributed by atoms with Gasteiger partial charge in [0.25, 0.3) is 0 Å². The van der Waals surface area contributed by atoms with E-state index in [9.17, 15) is 4.79 Å². The molecule has 0 saturated heterocycles. The number of hydrogen-bond acceptors (Lipinski definition) is 4. The number of ether oxygens (including phenoxy) is 1. The number of aryl methyl sites for hydroxylation is 2. The SMILES string of the molecule is COc1ccc(CCCC(=O)NN=Cc2ccc(-c3ccc(Cl)cc3)o2)c(C)c1. The van der Waals surface area contributed by atoms with Crippen molar-refractivity contribution >= 4 is 23.7 Å². The molecule has 1 heterocycles. The number of hydrogen-bond donors (Lipinski definition) is 1. The summed E-state index contributed by atoms with van der Waals surface area (Å²) in [7, 11) is 1.65. The Morgan fingerprint density at radius 1 is 1.17 bits per heavy atom. The topological polar surface area (TPSA) is 63.8 Å². The predicted molar refractivity (Wildman–Crippen MR) is 116 cm³/mol. The molecule has 0 radical (unpaired) electrons. The second kappa shape index (κ2) is 9.94. The second-order valence-electron chi connectivity index (χ2n) is 6.65.